The standard InChI is InChI=1S/C15H16N2O2S/c1-11(18)13-10-16-15(20-13)17-14(19)9-5-8-12-6-3-2-4-7-12/h2-4,6-7,10H,5,8-9H2,1H3,(H,16,17,19). The van der Waals surface area contributed by atoms with Gasteiger partial charge in [0, 0.05) is 13.3 Å². The topological polar surface area (TPSA) is 59.1 Å². The van der Waals surface area contributed by atoms with E-state index in [1.165, 1.54) is 30.0 Å². The Labute approximate surface area is 121 Å². The van der Waals surface area contributed by atoms with E-state index in [9.17, 15) is 9.59 Å². The lowest BCUT2D eigenvalue weighted by molar-refractivity contribution is -0.116. The minimum absolute atomic E-state index is 0.0351. The SMILES string of the molecule is CC(=O)c1cnc(NC(=O)CCCc2ccccc2)s1. The van der Waals surface area contributed by atoms with Gasteiger partial charge in [-0.3, -0.25) is 9.59 Å². The number of carbonyl (C=O) groups is 2. The van der Waals surface area contributed by atoms with Gasteiger partial charge < -0.3 is 5.32 Å². The molecule has 5 heteroatoms. The van der Waals surface area contributed by atoms with Crippen LogP contribution in [0.4, 0.5) is 5.13 Å². The zero-order valence-corrected chi connectivity index (χ0v) is 12.1. The van der Waals surface area contributed by atoms with Gasteiger partial charge in [0.2, 0.25) is 5.91 Å². The van der Waals surface area contributed by atoms with E-state index in [0.29, 0.717) is 16.4 Å². The molecule has 0 radical (unpaired) electrons. The van der Waals surface area contributed by atoms with Crippen molar-refractivity contribution in [2.45, 2.75) is 26.2 Å². The summed E-state index contributed by atoms with van der Waals surface area (Å²) in [4.78, 5) is 27.5. The quantitative estimate of drug-likeness (QED) is 0.830. The number of ketones is 1. The third kappa shape index (κ3) is 4.28. The summed E-state index contributed by atoms with van der Waals surface area (Å²) in [6.45, 7) is 1.49. The molecule has 0 bridgehead atoms. The molecule has 1 N–H and O–H groups in total. The largest absolute Gasteiger partial charge is 0.302 e. The average molecular weight is 288 g/mol. The summed E-state index contributed by atoms with van der Waals surface area (Å²) in [6, 6.07) is 10.1. The van der Waals surface area contributed by atoms with Crippen molar-refractivity contribution in [2.75, 3.05) is 5.32 Å². The molecule has 1 amide bonds. The van der Waals surface area contributed by atoms with Crippen LogP contribution in [-0.2, 0) is 11.2 Å². The number of thiazole rings is 1. The van der Waals surface area contributed by atoms with Crippen molar-refractivity contribution >= 4 is 28.2 Å². The summed E-state index contributed by atoms with van der Waals surface area (Å²) in [7, 11) is 0. The van der Waals surface area contributed by atoms with Crippen LogP contribution < -0.4 is 5.32 Å². The highest BCUT2D eigenvalue weighted by atomic mass is 32.1. The Balaban J connectivity index is 1.76. The van der Waals surface area contributed by atoms with Gasteiger partial charge >= 0.3 is 0 Å². The maximum Gasteiger partial charge on any atom is 0.226 e. The number of Topliss-reactive ketones (excluding diaryl/α,β-unsaturated/α-hetero) is 1. The van der Waals surface area contributed by atoms with Crippen LogP contribution in [0, 0.1) is 0 Å². The van der Waals surface area contributed by atoms with Gasteiger partial charge in [0.1, 0.15) is 0 Å². The molecule has 0 fully saturated rings. The van der Waals surface area contributed by atoms with Crippen molar-refractivity contribution in [3.05, 3.63) is 47.0 Å². The van der Waals surface area contributed by atoms with E-state index in [1.54, 1.807) is 0 Å². The van der Waals surface area contributed by atoms with E-state index in [-0.39, 0.29) is 11.7 Å². The fourth-order valence-corrected chi connectivity index (χ4v) is 2.50. The number of rotatable bonds is 6. The van der Waals surface area contributed by atoms with Gasteiger partial charge in [-0.2, -0.15) is 0 Å². The molecule has 0 aliphatic heterocycles. The summed E-state index contributed by atoms with van der Waals surface area (Å²) in [5, 5.41) is 3.21. The van der Waals surface area contributed by atoms with Gasteiger partial charge in [-0.05, 0) is 18.4 Å². The van der Waals surface area contributed by atoms with Gasteiger partial charge in [-0.1, -0.05) is 41.7 Å². The predicted molar refractivity (Wildman–Crippen MR) is 80.1 cm³/mol. The Morgan fingerprint density at radius 3 is 2.65 bits per heavy atom. The summed E-state index contributed by atoms with van der Waals surface area (Å²) < 4.78 is 0. The van der Waals surface area contributed by atoms with Crippen LogP contribution in [0.1, 0.15) is 35.0 Å². The molecule has 0 saturated carbocycles. The van der Waals surface area contributed by atoms with Gasteiger partial charge in [-0.25, -0.2) is 4.98 Å². The molecule has 2 aromatic rings. The maximum absolute atomic E-state index is 11.8. The summed E-state index contributed by atoms with van der Waals surface area (Å²) >= 11 is 1.21. The van der Waals surface area contributed by atoms with Crippen LogP contribution in [0.15, 0.2) is 36.5 Å². The van der Waals surface area contributed by atoms with Gasteiger partial charge in [0.05, 0.1) is 11.1 Å². The lowest BCUT2D eigenvalue weighted by Gasteiger charge is -2.02. The van der Waals surface area contributed by atoms with Gasteiger partial charge in [0.15, 0.2) is 10.9 Å². The fraction of sp³-hybridized carbons (Fsp3) is 0.267. The predicted octanol–water partition coefficient (Wildman–Crippen LogP) is 3.31. The van der Waals surface area contributed by atoms with E-state index in [0.717, 1.165) is 12.8 Å². The van der Waals surface area contributed by atoms with Crippen LogP contribution >= 0.6 is 11.3 Å². The third-order valence-corrected chi connectivity index (χ3v) is 3.82. The van der Waals surface area contributed by atoms with Crippen molar-refractivity contribution in [3.63, 3.8) is 0 Å². The summed E-state index contributed by atoms with van der Waals surface area (Å²) in [5.74, 6) is -0.0996. The monoisotopic (exact) mass is 288 g/mol. The highest BCUT2D eigenvalue weighted by molar-refractivity contribution is 7.17. The Morgan fingerprint density at radius 2 is 2.00 bits per heavy atom. The Morgan fingerprint density at radius 1 is 1.25 bits per heavy atom. The highest BCUT2D eigenvalue weighted by Gasteiger charge is 2.08. The summed E-state index contributed by atoms with van der Waals surface area (Å²) in [6.07, 6.45) is 3.61. The second kappa shape index (κ2) is 6.96. The smallest absolute Gasteiger partial charge is 0.226 e. The van der Waals surface area contributed by atoms with Crippen LogP contribution in [-0.4, -0.2) is 16.7 Å². The number of amides is 1. The van der Waals surface area contributed by atoms with Crippen molar-refractivity contribution in [3.8, 4) is 0 Å². The van der Waals surface area contributed by atoms with Crippen LogP contribution in [0.2, 0.25) is 0 Å². The Hall–Kier alpha value is -2.01. The Bertz CT molecular complexity index is 593. The minimum Gasteiger partial charge on any atom is -0.302 e. The second-order valence-corrected chi connectivity index (χ2v) is 5.50. The number of nitrogens with zero attached hydrogens (tertiary/aromatic N) is 1. The number of nitrogens with one attached hydrogen (secondary N) is 1. The van der Waals surface area contributed by atoms with E-state index in [1.807, 2.05) is 18.2 Å². The molecule has 104 valence electrons. The van der Waals surface area contributed by atoms with Crippen molar-refractivity contribution < 1.29 is 9.59 Å². The van der Waals surface area contributed by atoms with Crippen LogP contribution in [0.3, 0.4) is 0 Å². The molecule has 1 aromatic heterocycles. The number of hydrogen-bond donors (Lipinski definition) is 1. The zero-order valence-electron chi connectivity index (χ0n) is 11.3. The number of benzene rings is 1. The third-order valence-electron chi connectivity index (χ3n) is 2.81. The Kier molecular flexibility index (Phi) is 5.01. The first-order chi connectivity index (χ1) is 9.65. The molecule has 0 unspecified atom stereocenters. The number of carbonyl (C=O) groups excluding carboxylic acids is 2. The van der Waals surface area contributed by atoms with E-state index >= 15 is 0 Å². The lowest BCUT2D eigenvalue weighted by Crippen LogP contribution is -2.11. The number of anilines is 1. The summed E-state index contributed by atoms with van der Waals surface area (Å²) in [5.41, 5.74) is 1.23. The van der Waals surface area contributed by atoms with E-state index in [2.05, 4.69) is 22.4 Å². The first-order valence-electron chi connectivity index (χ1n) is 6.45. The molecule has 0 atom stereocenters. The molecule has 0 saturated heterocycles. The lowest BCUT2D eigenvalue weighted by atomic mass is 10.1. The molecule has 20 heavy (non-hydrogen) atoms. The first-order valence-corrected chi connectivity index (χ1v) is 7.27. The van der Waals surface area contributed by atoms with Crippen LogP contribution in [0.25, 0.3) is 0 Å². The maximum atomic E-state index is 11.8. The number of hydrogen-bond acceptors (Lipinski definition) is 4. The minimum atomic E-state index is -0.0645. The first kappa shape index (κ1) is 14.4. The number of aryl methyl sites for hydroxylation is 1. The molecule has 0 spiro atoms. The van der Waals surface area contributed by atoms with Crippen LogP contribution in [0.5, 0.6) is 0 Å². The van der Waals surface area contributed by atoms with Crippen molar-refractivity contribution in [1.29, 1.82) is 0 Å². The second-order valence-electron chi connectivity index (χ2n) is 4.47. The molecule has 1 heterocycles. The molecule has 2 rings (SSSR count). The molecular weight excluding hydrogens is 272 g/mol. The van der Waals surface area contributed by atoms with E-state index < -0.39 is 0 Å². The molecule has 1 aromatic carbocycles. The normalized spacial score (nSPS) is 10.2. The highest BCUT2D eigenvalue weighted by Crippen LogP contribution is 2.18. The fourth-order valence-electron chi connectivity index (χ4n) is 1.77. The molecule has 4 nitrogen and oxygen atoms in total. The number of aromatic nitrogens is 1. The zero-order chi connectivity index (χ0) is 14.4. The van der Waals surface area contributed by atoms with Gasteiger partial charge in [-0.15, -0.1) is 0 Å². The van der Waals surface area contributed by atoms with Crippen molar-refractivity contribution in [2.24, 2.45) is 0 Å². The molecular formula is C15H16N2O2S. The average Bonchev–Trinajstić information content (AvgIpc) is 2.88. The molecule has 0 aliphatic carbocycles. The van der Waals surface area contributed by atoms with Gasteiger partial charge in [0.25, 0.3) is 0 Å². The van der Waals surface area contributed by atoms with Crippen molar-refractivity contribution in [1.82, 2.24) is 4.98 Å². The van der Waals surface area contributed by atoms with E-state index in [4.69, 9.17) is 0 Å². The molecule has 0 aliphatic rings.